The Bertz CT molecular complexity index is 170. The zero-order chi connectivity index (χ0) is 12.0. The molecule has 0 saturated carbocycles. The van der Waals surface area contributed by atoms with Crippen LogP contribution in [0.25, 0.3) is 0 Å². The summed E-state index contributed by atoms with van der Waals surface area (Å²) in [5.41, 5.74) is 2.64. The molecule has 0 aliphatic rings. The number of allylic oxidation sites excluding steroid dienone is 6. The fourth-order valence-electron chi connectivity index (χ4n) is 0.489. The third kappa shape index (κ3) is 31.6. The molecule has 0 aliphatic carbocycles. The maximum atomic E-state index is 3.25. The van der Waals surface area contributed by atoms with Crippen molar-refractivity contribution in [1.29, 1.82) is 0 Å². The van der Waals surface area contributed by atoms with Gasteiger partial charge in [0.15, 0.2) is 0 Å². The van der Waals surface area contributed by atoms with E-state index in [0.29, 0.717) is 0 Å². The minimum atomic E-state index is 0. The molecule has 0 saturated heterocycles. The summed E-state index contributed by atoms with van der Waals surface area (Å²) in [5, 5.41) is 0. The summed E-state index contributed by atoms with van der Waals surface area (Å²) in [6.07, 6.45) is 8.38. The van der Waals surface area contributed by atoms with E-state index < -0.39 is 0 Å². The van der Waals surface area contributed by atoms with Crippen molar-refractivity contribution in [2.24, 2.45) is 0 Å². The Morgan fingerprint density at radius 1 is 0.933 bits per heavy atom. The van der Waals surface area contributed by atoms with Crippen LogP contribution in [0.2, 0.25) is 0 Å². The van der Waals surface area contributed by atoms with E-state index in [1.807, 2.05) is 6.92 Å². The van der Waals surface area contributed by atoms with Gasteiger partial charge in [-0.2, -0.15) is 13.8 Å². The van der Waals surface area contributed by atoms with Crippen LogP contribution in [0, 0.1) is 13.8 Å². The SMILES string of the molecule is CC=C(C)C=CC=C(C)C.[CH2-]C.[CH2-]C.[Zn+2]. The van der Waals surface area contributed by atoms with E-state index in [9.17, 15) is 0 Å². The Morgan fingerprint density at radius 3 is 1.60 bits per heavy atom. The van der Waals surface area contributed by atoms with E-state index in [0.717, 1.165) is 0 Å². The first-order valence-corrected chi connectivity index (χ1v) is 5.02. The van der Waals surface area contributed by atoms with Gasteiger partial charge in [0.25, 0.3) is 0 Å². The van der Waals surface area contributed by atoms with Gasteiger partial charge in [0, 0.05) is 0 Å². The second-order valence-electron chi connectivity index (χ2n) is 2.64. The maximum Gasteiger partial charge on any atom is 2.00 e. The summed E-state index contributed by atoms with van der Waals surface area (Å²) in [6, 6.07) is 0. The van der Waals surface area contributed by atoms with Crippen molar-refractivity contribution >= 4 is 0 Å². The van der Waals surface area contributed by atoms with Crippen LogP contribution < -0.4 is 0 Å². The molecule has 0 rings (SSSR count). The molecule has 0 spiro atoms. The van der Waals surface area contributed by atoms with Gasteiger partial charge in [0.2, 0.25) is 0 Å². The Balaban J connectivity index is -0.000000107. The van der Waals surface area contributed by atoms with E-state index in [-0.39, 0.29) is 19.5 Å². The standard InChI is InChI=1S/C10H16.2C2H5.Zn/c1-5-10(4)8-6-7-9(2)3;2*1-2;/h5-8H,1-4H3;2*1H2,2H3;/q;2*-1;+2. The molecule has 0 aromatic carbocycles. The Morgan fingerprint density at radius 2 is 1.33 bits per heavy atom. The van der Waals surface area contributed by atoms with Crippen LogP contribution in [-0.4, -0.2) is 0 Å². The summed E-state index contributed by atoms with van der Waals surface area (Å²) in [7, 11) is 0. The molecule has 0 heterocycles. The van der Waals surface area contributed by atoms with E-state index >= 15 is 0 Å². The predicted molar refractivity (Wildman–Crippen MR) is 70.1 cm³/mol. The quantitative estimate of drug-likeness (QED) is 0.365. The molecule has 0 atom stereocenters. The molecule has 0 amide bonds. The Kier molecular flexibility index (Phi) is 38.0. The molecule has 84 valence electrons. The average Bonchev–Trinajstić information content (AvgIpc) is 2.23. The average molecular weight is 260 g/mol. The van der Waals surface area contributed by atoms with Crippen molar-refractivity contribution < 1.29 is 19.5 Å². The zero-order valence-corrected chi connectivity index (χ0v) is 14.4. The van der Waals surface area contributed by atoms with Gasteiger partial charge in [0.1, 0.15) is 0 Å². The third-order valence-corrected chi connectivity index (χ3v) is 1.24. The molecular formula is C14H26Zn. The van der Waals surface area contributed by atoms with Crippen LogP contribution in [0.3, 0.4) is 0 Å². The number of hydrogen-bond donors (Lipinski definition) is 0. The van der Waals surface area contributed by atoms with E-state index in [2.05, 4.69) is 58.9 Å². The smallest absolute Gasteiger partial charge is 0.346 e. The second kappa shape index (κ2) is 23.6. The largest absolute Gasteiger partial charge is 2.00 e. The molecule has 0 radical (unpaired) electrons. The summed E-state index contributed by atoms with van der Waals surface area (Å²) in [4.78, 5) is 0. The van der Waals surface area contributed by atoms with Crippen LogP contribution in [0.4, 0.5) is 0 Å². The van der Waals surface area contributed by atoms with Crippen molar-refractivity contribution in [3.63, 3.8) is 0 Å². The van der Waals surface area contributed by atoms with Gasteiger partial charge in [0.05, 0.1) is 0 Å². The molecule has 1 heteroatoms. The minimum Gasteiger partial charge on any atom is -0.346 e. The van der Waals surface area contributed by atoms with Gasteiger partial charge in [-0.1, -0.05) is 35.5 Å². The van der Waals surface area contributed by atoms with Gasteiger partial charge < -0.3 is 13.8 Å². The van der Waals surface area contributed by atoms with Crippen molar-refractivity contribution in [1.82, 2.24) is 0 Å². The summed E-state index contributed by atoms with van der Waals surface area (Å²) in [6.45, 7) is 18.3. The van der Waals surface area contributed by atoms with Crippen LogP contribution >= 0.6 is 0 Å². The topological polar surface area (TPSA) is 0 Å². The molecule has 0 nitrogen and oxygen atoms in total. The summed E-state index contributed by atoms with van der Waals surface area (Å²) < 4.78 is 0. The summed E-state index contributed by atoms with van der Waals surface area (Å²) >= 11 is 0. The molecule has 15 heavy (non-hydrogen) atoms. The Hall–Kier alpha value is -0.157. The van der Waals surface area contributed by atoms with Crippen molar-refractivity contribution in [3.8, 4) is 0 Å². The van der Waals surface area contributed by atoms with Crippen LogP contribution in [-0.2, 0) is 19.5 Å². The Labute approximate surface area is 110 Å². The second-order valence-corrected chi connectivity index (χ2v) is 2.64. The molecule has 0 aromatic rings. The number of rotatable bonds is 2. The first-order valence-electron chi connectivity index (χ1n) is 5.02. The molecule has 0 aromatic heterocycles. The number of hydrogen-bond acceptors (Lipinski definition) is 0. The predicted octanol–water partition coefficient (Wildman–Crippen LogP) is 5.15. The zero-order valence-electron chi connectivity index (χ0n) is 11.4. The van der Waals surface area contributed by atoms with E-state index in [1.165, 1.54) is 11.1 Å². The van der Waals surface area contributed by atoms with Gasteiger partial charge in [-0.25, -0.2) is 0 Å². The van der Waals surface area contributed by atoms with Crippen molar-refractivity contribution in [2.45, 2.75) is 41.5 Å². The van der Waals surface area contributed by atoms with Crippen LogP contribution in [0.5, 0.6) is 0 Å². The van der Waals surface area contributed by atoms with Crippen molar-refractivity contribution in [3.05, 3.63) is 49.3 Å². The molecule has 0 aliphatic heterocycles. The summed E-state index contributed by atoms with van der Waals surface area (Å²) in [5.74, 6) is 0. The fraction of sp³-hybridized carbons (Fsp3) is 0.429. The molecule has 0 unspecified atom stereocenters. The minimum absolute atomic E-state index is 0. The molecule has 0 N–H and O–H groups in total. The van der Waals surface area contributed by atoms with Crippen LogP contribution in [0.15, 0.2) is 35.5 Å². The monoisotopic (exact) mass is 258 g/mol. The van der Waals surface area contributed by atoms with Crippen LogP contribution in [0.1, 0.15) is 41.5 Å². The third-order valence-electron chi connectivity index (χ3n) is 1.24. The van der Waals surface area contributed by atoms with E-state index in [1.54, 1.807) is 13.8 Å². The first kappa shape index (κ1) is 24.2. The maximum absolute atomic E-state index is 3.25. The van der Waals surface area contributed by atoms with Crippen molar-refractivity contribution in [2.75, 3.05) is 0 Å². The normalized spacial score (nSPS) is 8.93. The van der Waals surface area contributed by atoms with Gasteiger partial charge in [-0.05, 0) is 27.7 Å². The van der Waals surface area contributed by atoms with Gasteiger partial charge >= 0.3 is 19.5 Å². The van der Waals surface area contributed by atoms with Gasteiger partial charge in [-0.3, -0.25) is 0 Å². The van der Waals surface area contributed by atoms with Gasteiger partial charge in [-0.15, -0.1) is 0 Å². The molecule has 0 fully saturated rings. The molecular weight excluding hydrogens is 234 g/mol. The fourth-order valence-corrected chi connectivity index (χ4v) is 0.489. The molecule has 0 bridgehead atoms. The van der Waals surface area contributed by atoms with E-state index in [4.69, 9.17) is 0 Å². The first-order chi connectivity index (χ1) is 6.66.